The first kappa shape index (κ1) is 15.9. The monoisotopic (exact) mass is 266 g/mol. The number of carboxylic acids is 1. The van der Waals surface area contributed by atoms with Gasteiger partial charge in [0, 0.05) is 0 Å². The molecule has 1 atom stereocenters. The summed E-state index contributed by atoms with van der Waals surface area (Å²) in [5.74, 6) is -2.28. The molecule has 0 aliphatic carbocycles. The summed E-state index contributed by atoms with van der Waals surface area (Å²) in [5.41, 5.74) is 4.84. The van der Waals surface area contributed by atoms with E-state index in [2.05, 4.69) is 0 Å². The molecule has 0 heterocycles. The Morgan fingerprint density at radius 3 is 2.24 bits per heavy atom. The van der Waals surface area contributed by atoms with Crippen molar-refractivity contribution in [2.24, 2.45) is 11.7 Å². The number of rotatable bonds is 8. The van der Waals surface area contributed by atoms with E-state index in [0.717, 1.165) is 0 Å². The molecule has 0 fully saturated rings. The lowest BCUT2D eigenvalue weighted by atomic mass is 10.2. The number of hydrogen-bond acceptors (Lipinski definition) is 4. The molecule has 0 aromatic carbocycles. The molecule has 0 saturated heterocycles. The lowest BCUT2D eigenvalue weighted by molar-refractivity contribution is -0.140. The summed E-state index contributed by atoms with van der Waals surface area (Å²) < 4.78 is 25.0. The van der Waals surface area contributed by atoms with Gasteiger partial charge >= 0.3 is 5.97 Å². The molecule has 0 aliphatic heterocycles. The number of hydrogen-bond donors (Lipinski definition) is 3. The van der Waals surface area contributed by atoms with Gasteiger partial charge in [0.25, 0.3) is 0 Å². The number of amides is 1. The van der Waals surface area contributed by atoms with Crippen molar-refractivity contribution >= 4 is 21.9 Å². The minimum Gasteiger partial charge on any atom is -0.480 e. The van der Waals surface area contributed by atoms with Crippen molar-refractivity contribution in [2.45, 2.75) is 32.7 Å². The smallest absolute Gasteiger partial charge is 0.322 e. The first-order valence-electron chi connectivity index (χ1n) is 5.15. The average molecular weight is 266 g/mol. The van der Waals surface area contributed by atoms with Crippen LogP contribution in [-0.2, 0) is 19.6 Å². The number of sulfonamides is 1. The van der Waals surface area contributed by atoms with Gasteiger partial charge < -0.3 is 10.8 Å². The molecule has 1 unspecified atom stereocenters. The van der Waals surface area contributed by atoms with Crippen molar-refractivity contribution in [3.8, 4) is 0 Å². The van der Waals surface area contributed by atoms with Crippen LogP contribution in [0.2, 0.25) is 0 Å². The van der Waals surface area contributed by atoms with Gasteiger partial charge in [-0.05, 0) is 12.3 Å². The second-order valence-corrected chi connectivity index (χ2v) is 6.05. The van der Waals surface area contributed by atoms with Gasteiger partial charge in [0.15, 0.2) is 0 Å². The molecule has 4 N–H and O–H groups in total. The molecule has 17 heavy (non-hydrogen) atoms. The van der Waals surface area contributed by atoms with E-state index < -0.39 is 34.4 Å². The number of carbonyl (C=O) groups is 2. The van der Waals surface area contributed by atoms with E-state index in [0.29, 0.717) is 6.42 Å². The Labute approximate surface area is 100 Å². The van der Waals surface area contributed by atoms with Crippen LogP contribution in [0.25, 0.3) is 0 Å². The third kappa shape index (κ3) is 7.70. The van der Waals surface area contributed by atoms with E-state index in [9.17, 15) is 18.0 Å². The van der Waals surface area contributed by atoms with Crippen LogP contribution < -0.4 is 10.5 Å². The first-order valence-corrected chi connectivity index (χ1v) is 6.80. The summed E-state index contributed by atoms with van der Waals surface area (Å²) in [6, 6.07) is -1.50. The zero-order chi connectivity index (χ0) is 13.6. The van der Waals surface area contributed by atoms with E-state index >= 15 is 0 Å². The first-order chi connectivity index (χ1) is 7.64. The highest BCUT2D eigenvalue weighted by Crippen LogP contribution is 2.03. The quantitative estimate of drug-likeness (QED) is 0.534. The van der Waals surface area contributed by atoms with Crippen LogP contribution in [0.1, 0.15) is 26.7 Å². The zero-order valence-corrected chi connectivity index (χ0v) is 10.7. The lowest BCUT2D eigenvalue weighted by Gasteiger charge is -2.13. The molecular weight excluding hydrogens is 248 g/mol. The van der Waals surface area contributed by atoms with Crippen molar-refractivity contribution in [1.82, 2.24) is 4.72 Å². The van der Waals surface area contributed by atoms with E-state index in [1.807, 2.05) is 18.6 Å². The number of aliphatic carboxylic acids is 1. The summed E-state index contributed by atoms with van der Waals surface area (Å²) in [7, 11) is -3.71. The molecule has 0 aromatic heterocycles. The van der Waals surface area contributed by atoms with Crippen LogP contribution in [-0.4, -0.2) is 37.2 Å². The van der Waals surface area contributed by atoms with Crippen LogP contribution in [0, 0.1) is 5.92 Å². The van der Waals surface area contributed by atoms with Crippen LogP contribution in [0.4, 0.5) is 0 Å². The Hall–Kier alpha value is -1.15. The van der Waals surface area contributed by atoms with Crippen LogP contribution in [0.5, 0.6) is 0 Å². The fourth-order valence-electron chi connectivity index (χ4n) is 1.05. The molecule has 0 radical (unpaired) electrons. The van der Waals surface area contributed by atoms with Crippen molar-refractivity contribution < 1.29 is 23.1 Å². The second-order valence-electron chi connectivity index (χ2n) is 4.18. The van der Waals surface area contributed by atoms with Gasteiger partial charge in [0.05, 0.1) is 12.2 Å². The van der Waals surface area contributed by atoms with E-state index in [-0.39, 0.29) is 11.7 Å². The number of primary amides is 1. The van der Waals surface area contributed by atoms with E-state index in [1.54, 1.807) is 0 Å². The van der Waals surface area contributed by atoms with Crippen molar-refractivity contribution in [3.63, 3.8) is 0 Å². The Kier molecular flexibility index (Phi) is 6.11. The molecule has 0 spiro atoms. The predicted molar refractivity (Wildman–Crippen MR) is 61.6 cm³/mol. The van der Waals surface area contributed by atoms with Gasteiger partial charge in [-0.3, -0.25) is 9.59 Å². The highest BCUT2D eigenvalue weighted by atomic mass is 32.2. The van der Waals surface area contributed by atoms with Crippen molar-refractivity contribution in [2.75, 3.05) is 5.75 Å². The highest BCUT2D eigenvalue weighted by molar-refractivity contribution is 7.89. The van der Waals surface area contributed by atoms with E-state index in [4.69, 9.17) is 10.8 Å². The molecule has 0 rings (SSSR count). The molecule has 0 bridgehead atoms. The largest absolute Gasteiger partial charge is 0.480 e. The second kappa shape index (κ2) is 6.55. The SMILES string of the molecule is CC(C)CCS(=O)(=O)NC(CC(N)=O)C(=O)O. The summed E-state index contributed by atoms with van der Waals surface area (Å²) in [5, 5.41) is 8.73. The maximum absolute atomic E-state index is 11.5. The van der Waals surface area contributed by atoms with Gasteiger partial charge in [0.2, 0.25) is 15.9 Å². The topological polar surface area (TPSA) is 127 Å². The molecule has 0 aromatic rings. The van der Waals surface area contributed by atoms with Gasteiger partial charge in [0.1, 0.15) is 6.04 Å². The number of nitrogens with two attached hydrogens (primary N) is 1. The fraction of sp³-hybridized carbons (Fsp3) is 0.778. The van der Waals surface area contributed by atoms with Gasteiger partial charge in [-0.1, -0.05) is 13.8 Å². The predicted octanol–water partition coefficient (Wildman–Crippen LogP) is -0.719. The molecule has 0 aliphatic rings. The van der Waals surface area contributed by atoms with Crippen LogP contribution >= 0.6 is 0 Å². The Morgan fingerprint density at radius 1 is 1.35 bits per heavy atom. The lowest BCUT2D eigenvalue weighted by Crippen LogP contribution is -2.44. The maximum Gasteiger partial charge on any atom is 0.322 e. The number of carbonyl (C=O) groups excluding carboxylic acids is 1. The Morgan fingerprint density at radius 2 is 1.88 bits per heavy atom. The fourth-order valence-corrected chi connectivity index (χ4v) is 2.56. The molecule has 0 saturated carbocycles. The molecule has 7 nitrogen and oxygen atoms in total. The highest BCUT2D eigenvalue weighted by Gasteiger charge is 2.25. The average Bonchev–Trinajstić information content (AvgIpc) is 2.12. The third-order valence-corrected chi connectivity index (χ3v) is 3.41. The van der Waals surface area contributed by atoms with Crippen LogP contribution in [0.15, 0.2) is 0 Å². The number of nitrogens with one attached hydrogen (secondary N) is 1. The molecule has 1 amide bonds. The summed E-state index contributed by atoms with van der Waals surface area (Å²) in [6.07, 6.45) is -0.144. The van der Waals surface area contributed by atoms with Crippen LogP contribution in [0.3, 0.4) is 0 Å². The molecule has 8 heteroatoms. The van der Waals surface area contributed by atoms with Crippen molar-refractivity contribution in [3.05, 3.63) is 0 Å². The van der Waals surface area contributed by atoms with Crippen molar-refractivity contribution in [1.29, 1.82) is 0 Å². The summed E-state index contributed by atoms with van der Waals surface area (Å²) >= 11 is 0. The van der Waals surface area contributed by atoms with Gasteiger partial charge in [-0.25, -0.2) is 13.1 Å². The Balaban J connectivity index is 4.53. The minimum atomic E-state index is -3.71. The van der Waals surface area contributed by atoms with E-state index in [1.165, 1.54) is 0 Å². The number of carboxylic acid groups (broad SMARTS) is 1. The summed E-state index contributed by atoms with van der Waals surface area (Å²) in [6.45, 7) is 3.71. The third-order valence-electron chi connectivity index (χ3n) is 1.99. The zero-order valence-electron chi connectivity index (χ0n) is 9.84. The standard InChI is InChI=1S/C9H18N2O5S/c1-6(2)3-4-17(15,16)11-7(9(13)14)5-8(10)12/h6-7,11H,3-5H2,1-2H3,(H2,10,12)(H,13,14). The van der Waals surface area contributed by atoms with Gasteiger partial charge in [-0.2, -0.15) is 0 Å². The Bertz CT molecular complexity index is 377. The van der Waals surface area contributed by atoms with Gasteiger partial charge in [-0.15, -0.1) is 0 Å². The normalized spacial score (nSPS) is 13.6. The molecule has 100 valence electrons. The minimum absolute atomic E-state index is 0.173. The maximum atomic E-state index is 11.5. The summed E-state index contributed by atoms with van der Waals surface area (Å²) in [4.78, 5) is 21.3. The molecular formula is C9H18N2O5S.